The molecule has 0 aliphatic heterocycles. The molecule has 4 aromatic carbocycles. The lowest BCUT2D eigenvalue weighted by Gasteiger charge is -2.23. The Labute approximate surface area is 570 Å². The van der Waals surface area contributed by atoms with Gasteiger partial charge in [-0.2, -0.15) is 0 Å². The number of esters is 2. The fourth-order valence-corrected chi connectivity index (χ4v) is 11.0. The van der Waals surface area contributed by atoms with E-state index in [1.54, 1.807) is 12.1 Å². The molecule has 0 saturated heterocycles. The second kappa shape index (κ2) is 37.8. The highest BCUT2D eigenvalue weighted by Crippen LogP contribution is 2.38. The molecule has 7 aromatic rings. The van der Waals surface area contributed by atoms with Gasteiger partial charge in [-0.1, -0.05) is 136 Å². The van der Waals surface area contributed by atoms with Gasteiger partial charge in [0.1, 0.15) is 71.4 Å². The van der Waals surface area contributed by atoms with Crippen molar-refractivity contribution in [2.75, 3.05) is 52.7 Å². The van der Waals surface area contributed by atoms with Crippen molar-refractivity contribution in [1.29, 1.82) is 0 Å². The molecule has 0 unspecified atom stereocenters. The summed E-state index contributed by atoms with van der Waals surface area (Å²) in [6.45, 7) is 15.0. The minimum absolute atomic E-state index is 0.0418. The number of fused-ring (bicyclic) bond motifs is 2. The third-order valence-corrected chi connectivity index (χ3v) is 16.4. The molecule has 0 aliphatic carbocycles. The molecule has 5 N–H and O–H groups in total. The maximum absolute atomic E-state index is 13.8. The highest BCUT2D eigenvalue weighted by atomic mass is 16.6. The molecule has 27 heteroatoms. The van der Waals surface area contributed by atoms with E-state index in [9.17, 15) is 48.6 Å². The molecule has 0 atom stereocenters. The van der Waals surface area contributed by atoms with Gasteiger partial charge in [-0.3, -0.25) is 9.59 Å². The fourth-order valence-electron chi connectivity index (χ4n) is 11.0. The van der Waals surface area contributed by atoms with Gasteiger partial charge in [0.25, 0.3) is 0 Å². The Balaban J connectivity index is 0.793. The van der Waals surface area contributed by atoms with Crippen LogP contribution >= 0.6 is 0 Å². The molecule has 27 nitrogen and oxygen atoms in total. The van der Waals surface area contributed by atoms with E-state index < -0.39 is 58.1 Å². The highest BCUT2D eigenvalue weighted by Gasteiger charge is 2.26. The normalized spacial score (nSPS) is 11.6. The van der Waals surface area contributed by atoms with Crippen LogP contribution in [-0.4, -0.2) is 137 Å². The number of amides is 3. The Kier molecular flexibility index (Phi) is 29.3. The van der Waals surface area contributed by atoms with Gasteiger partial charge in [0.15, 0.2) is 0 Å². The minimum Gasteiger partial charge on any atom is -0.505 e. The summed E-state index contributed by atoms with van der Waals surface area (Å²) in [5.74, 6) is -0.861. The topological polar surface area (TPSA) is 335 Å². The molecular formula is C71H98N12O15. The fraction of sp³-hybridized carbons (Fsp3) is 0.549. The van der Waals surface area contributed by atoms with Crippen molar-refractivity contribution in [3.63, 3.8) is 0 Å². The van der Waals surface area contributed by atoms with Crippen LogP contribution in [-0.2, 0) is 76.6 Å². The quantitative estimate of drug-likeness (QED) is 0.0136. The average Bonchev–Trinajstić information content (AvgIpc) is 1.36. The molecule has 3 aromatic heterocycles. The zero-order valence-corrected chi connectivity index (χ0v) is 57.9. The van der Waals surface area contributed by atoms with Gasteiger partial charge in [0.05, 0.1) is 6.61 Å². The molecular weight excluding hydrogens is 1260 g/mol. The molecule has 0 bridgehead atoms. The van der Waals surface area contributed by atoms with Crippen LogP contribution in [0.5, 0.6) is 11.5 Å². The molecule has 98 heavy (non-hydrogen) atoms. The van der Waals surface area contributed by atoms with Crippen molar-refractivity contribution >= 4 is 52.3 Å². The lowest BCUT2D eigenvalue weighted by atomic mass is 9.84. The summed E-state index contributed by atoms with van der Waals surface area (Å²) in [5.41, 5.74) is 3.53. The zero-order valence-electron chi connectivity index (χ0n) is 57.9. The first kappa shape index (κ1) is 75.8. The lowest BCUT2D eigenvalue weighted by molar-refractivity contribution is -0.145. The number of carbonyl (C=O) groups excluding carboxylic acids is 5. The molecule has 3 amide bonds. The lowest BCUT2D eigenvalue weighted by Crippen LogP contribution is -2.54. The molecule has 0 fully saturated rings. The van der Waals surface area contributed by atoms with Crippen LogP contribution in [0, 0.1) is 0 Å². The van der Waals surface area contributed by atoms with Crippen LogP contribution in [0.1, 0.15) is 180 Å². The van der Waals surface area contributed by atoms with E-state index in [4.69, 9.17) is 23.7 Å². The first-order chi connectivity index (χ1) is 47.0. The number of phenols is 2. The van der Waals surface area contributed by atoms with Crippen molar-refractivity contribution in [1.82, 2.24) is 59.6 Å². The first-order valence-corrected chi connectivity index (χ1v) is 34.4. The predicted octanol–water partition coefficient (Wildman–Crippen LogP) is 10.0. The maximum atomic E-state index is 13.8. The van der Waals surface area contributed by atoms with E-state index in [1.165, 1.54) is 9.59 Å². The van der Waals surface area contributed by atoms with Gasteiger partial charge in [-0.05, 0) is 116 Å². The van der Waals surface area contributed by atoms with Crippen LogP contribution in [0.4, 0.5) is 14.4 Å². The van der Waals surface area contributed by atoms with E-state index in [-0.39, 0.29) is 70.4 Å². The van der Waals surface area contributed by atoms with Crippen LogP contribution < -0.4 is 33.0 Å². The molecule has 0 aliphatic rings. The number of rotatable bonds is 39. The number of nitrogens with zero attached hydrogens (tertiary/aromatic N) is 9. The maximum Gasteiger partial charge on any atom is 0.407 e. The monoisotopic (exact) mass is 1360 g/mol. The summed E-state index contributed by atoms with van der Waals surface area (Å²) in [4.78, 5) is 107. The second-order valence-electron chi connectivity index (χ2n) is 26.4. The van der Waals surface area contributed by atoms with E-state index in [0.29, 0.717) is 154 Å². The van der Waals surface area contributed by atoms with Gasteiger partial charge in [0.2, 0.25) is 0 Å². The third kappa shape index (κ3) is 23.3. The second-order valence-corrected chi connectivity index (χ2v) is 26.4. The molecule has 0 radical (unpaired) electrons. The number of phenolic OH excluding ortho intramolecular Hbond substituents is 2. The predicted molar refractivity (Wildman–Crippen MR) is 369 cm³/mol. The molecule has 7 rings (SSSR count). The number of unbranched alkanes of at least 4 members (excludes halogenated alkanes) is 11. The summed E-state index contributed by atoms with van der Waals surface area (Å²) in [6.07, 6.45) is 8.89. The Morgan fingerprint density at radius 2 is 0.735 bits per heavy atom. The average molecular weight is 1360 g/mol. The van der Waals surface area contributed by atoms with Crippen LogP contribution in [0.3, 0.4) is 0 Å². The first-order valence-electron chi connectivity index (χ1n) is 34.4. The number of hydrogen-bond donors (Lipinski definition) is 5. The number of benzene rings is 4. The number of ether oxygens (including phenoxy) is 5. The van der Waals surface area contributed by atoms with Crippen LogP contribution in [0.15, 0.2) is 87.2 Å². The highest BCUT2D eigenvalue weighted by molar-refractivity contribution is 5.75. The Hall–Kier alpha value is -9.56. The summed E-state index contributed by atoms with van der Waals surface area (Å²) < 4.78 is 29.7. The van der Waals surface area contributed by atoms with Crippen LogP contribution in [0.25, 0.3) is 33.4 Å². The van der Waals surface area contributed by atoms with Gasteiger partial charge in [-0.15, -0.1) is 30.0 Å². The van der Waals surface area contributed by atoms with Crippen molar-refractivity contribution in [2.45, 2.75) is 201 Å². The van der Waals surface area contributed by atoms with Crippen molar-refractivity contribution in [2.24, 2.45) is 0 Å². The van der Waals surface area contributed by atoms with Crippen molar-refractivity contribution in [3.8, 4) is 22.9 Å². The Bertz CT molecular complexity index is 3670. The minimum atomic E-state index is -0.688. The smallest absolute Gasteiger partial charge is 0.407 e. The number of alkyl carbamates (subject to hydrolysis) is 3. The molecule has 3 heterocycles. The van der Waals surface area contributed by atoms with Gasteiger partial charge in [0, 0.05) is 63.2 Å². The SMILES string of the molecule is CCCCCOC(=O)NCCCCCCn1c(=O)n(CCCCCCNC(=O)OCCOC(=O)CCc2cc(-n3nc4ccccc4n3)c(O)c(C(C)(C)C)c2)c(=O)n(CCCCCCNC(=O)OCCOC(=O)CCc2cc(-n3nc4ccccc4n3)c(O)c(C(C)(C)C)c2)c1=O. The number of aromatic nitrogens is 9. The molecule has 0 saturated carbocycles. The van der Waals surface area contributed by atoms with Gasteiger partial charge >= 0.3 is 47.3 Å². The number of hydrogen-bond acceptors (Lipinski definition) is 19. The van der Waals surface area contributed by atoms with E-state index in [1.807, 2.05) is 102 Å². The molecule has 0 spiro atoms. The van der Waals surface area contributed by atoms with E-state index in [2.05, 4.69) is 43.3 Å². The van der Waals surface area contributed by atoms with E-state index >= 15 is 0 Å². The summed E-state index contributed by atoms with van der Waals surface area (Å²) >= 11 is 0. The van der Waals surface area contributed by atoms with E-state index in [0.717, 1.165) is 50.5 Å². The Morgan fingerprint density at radius 3 is 1.06 bits per heavy atom. The van der Waals surface area contributed by atoms with Crippen molar-refractivity contribution < 1.29 is 57.9 Å². The summed E-state index contributed by atoms with van der Waals surface area (Å²) in [7, 11) is 0. The largest absolute Gasteiger partial charge is 0.505 e. The van der Waals surface area contributed by atoms with Crippen molar-refractivity contribution in [3.05, 3.63) is 127 Å². The number of aromatic hydroxyl groups is 2. The zero-order chi connectivity index (χ0) is 70.6. The Morgan fingerprint density at radius 1 is 0.418 bits per heavy atom. The van der Waals surface area contributed by atoms with Gasteiger partial charge in [-0.25, -0.2) is 42.5 Å². The van der Waals surface area contributed by atoms with Gasteiger partial charge < -0.3 is 49.8 Å². The third-order valence-electron chi connectivity index (χ3n) is 16.4. The number of carbonyl (C=O) groups is 5. The number of nitrogens with one attached hydrogen (secondary N) is 3. The number of aryl methyl sites for hydroxylation is 2. The van der Waals surface area contributed by atoms with Crippen LogP contribution in [0.2, 0.25) is 0 Å². The summed E-state index contributed by atoms with van der Waals surface area (Å²) in [5, 5.41) is 48.8. The summed E-state index contributed by atoms with van der Waals surface area (Å²) in [6, 6.07) is 22.0. The standard InChI is InChI=1S/C71H98N12O15/c1-8-9-26-41-96-64(88)72-35-20-10-13-23-38-79-67(91)80(39-24-14-11-21-36-73-65(89)97-44-42-94-60(84)33-31-50-46-52(70(2,3)4)62(86)58(48-50)82-75-54-27-16-17-28-55(54)76-82)69(93)81(68(79)92)40-25-15-12-22-37-74-66(90)98-45-43-95-61(85)34-32-51-47-53(71(5,6)7)63(87)59(49-51)83-77-56-29-18-19-30-57(56)78-83/h16-19,27-30,46-49,86-87H,8-15,20-26,31-45H2,1-7H3,(H,72,88)(H,73,89)(H,74,90). The molecule has 532 valence electrons.